The first-order valence-electron chi connectivity index (χ1n) is 7.60. The Morgan fingerprint density at radius 2 is 2.09 bits per heavy atom. The molecule has 2 heterocycles. The van der Waals surface area contributed by atoms with Crippen molar-refractivity contribution in [1.29, 1.82) is 0 Å². The van der Waals surface area contributed by atoms with Gasteiger partial charge in [0.25, 0.3) is 0 Å². The largest absolute Gasteiger partial charge is 0.352 e. The van der Waals surface area contributed by atoms with Crippen LogP contribution in [0.3, 0.4) is 0 Å². The molecule has 0 aliphatic heterocycles. The van der Waals surface area contributed by atoms with Crippen LogP contribution in [-0.2, 0) is 11.3 Å². The van der Waals surface area contributed by atoms with Gasteiger partial charge < -0.3 is 9.88 Å². The van der Waals surface area contributed by atoms with E-state index in [2.05, 4.69) is 46.5 Å². The lowest BCUT2D eigenvalue weighted by atomic mass is 10.2. The van der Waals surface area contributed by atoms with E-state index in [1.54, 1.807) is 11.3 Å². The first-order chi connectivity index (χ1) is 10.7. The van der Waals surface area contributed by atoms with E-state index in [9.17, 15) is 4.79 Å². The average molecular weight is 312 g/mol. The summed E-state index contributed by atoms with van der Waals surface area (Å²) in [6, 6.07) is 14.7. The predicted octanol–water partition coefficient (Wildman–Crippen LogP) is 4.28. The lowest BCUT2D eigenvalue weighted by molar-refractivity contribution is -0.122. The number of rotatable bonds is 5. The SMILES string of the molecule is CC[C@@H](C)NC(=O)Cn1c(-c2cccs2)cc2ccccc21. The molecule has 0 bridgehead atoms. The Balaban J connectivity index is 1.99. The van der Waals surface area contributed by atoms with Crippen molar-refractivity contribution in [2.45, 2.75) is 32.9 Å². The van der Waals surface area contributed by atoms with Gasteiger partial charge in [-0.15, -0.1) is 11.3 Å². The third kappa shape index (κ3) is 2.92. The molecule has 0 unspecified atom stereocenters. The Kier molecular flexibility index (Phi) is 4.29. The molecule has 1 aromatic carbocycles. The van der Waals surface area contributed by atoms with Gasteiger partial charge in [-0.25, -0.2) is 0 Å². The molecular weight excluding hydrogens is 292 g/mol. The molecule has 114 valence electrons. The molecule has 3 nitrogen and oxygen atoms in total. The maximum absolute atomic E-state index is 12.3. The molecule has 1 atom stereocenters. The van der Waals surface area contributed by atoms with Crippen LogP contribution in [0.25, 0.3) is 21.5 Å². The predicted molar refractivity (Wildman–Crippen MR) is 93.1 cm³/mol. The van der Waals surface area contributed by atoms with Crippen molar-refractivity contribution in [3.8, 4) is 10.6 Å². The molecular formula is C18H20N2OS. The number of nitrogens with one attached hydrogen (secondary N) is 1. The van der Waals surface area contributed by atoms with Crippen molar-refractivity contribution in [1.82, 2.24) is 9.88 Å². The maximum atomic E-state index is 12.3. The fourth-order valence-corrected chi connectivity index (χ4v) is 3.33. The summed E-state index contributed by atoms with van der Waals surface area (Å²) in [5.41, 5.74) is 2.21. The number of carbonyl (C=O) groups is 1. The first kappa shape index (κ1) is 14.9. The minimum absolute atomic E-state index is 0.0634. The van der Waals surface area contributed by atoms with Crippen molar-refractivity contribution < 1.29 is 4.79 Å². The summed E-state index contributed by atoms with van der Waals surface area (Å²) in [5.74, 6) is 0.0634. The number of nitrogens with zero attached hydrogens (tertiary/aromatic N) is 1. The number of carbonyl (C=O) groups excluding carboxylic acids is 1. The van der Waals surface area contributed by atoms with E-state index >= 15 is 0 Å². The molecule has 3 aromatic rings. The van der Waals surface area contributed by atoms with Crippen molar-refractivity contribution in [2.24, 2.45) is 0 Å². The zero-order chi connectivity index (χ0) is 15.5. The molecule has 1 N–H and O–H groups in total. The zero-order valence-electron chi connectivity index (χ0n) is 12.9. The van der Waals surface area contributed by atoms with Crippen LogP contribution in [0.2, 0.25) is 0 Å². The van der Waals surface area contributed by atoms with E-state index in [-0.39, 0.29) is 11.9 Å². The number of para-hydroxylation sites is 1. The Morgan fingerprint density at radius 1 is 1.27 bits per heavy atom. The van der Waals surface area contributed by atoms with Gasteiger partial charge in [0.1, 0.15) is 6.54 Å². The van der Waals surface area contributed by atoms with E-state index in [0.29, 0.717) is 6.54 Å². The second-order valence-corrected chi connectivity index (χ2v) is 6.48. The van der Waals surface area contributed by atoms with Crippen LogP contribution < -0.4 is 5.32 Å². The molecule has 0 radical (unpaired) electrons. The van der Waals surface area contributed by atoms with Crippen LogP contribution in [0.15, 0.2) is 47.8 Å². The van der Waals surface area contributed by atoms with Gasteiger partial charge in [0.15, 0.2) is 0 Å². The van der Waals surface area contributed by atoms with Gasteiger partial charge in [0.05, 0.1) is 10.6 Å². The molecule has 0 saturated carbocycles. The molecule has 0 aliphatic carbocycles. The van der Waals surface area contributed by atoms with Crippen LogP contribution in [0.1, 0.15) is 20.3 Å². The van der Waals surface area contributed by atoms with Gasteiger partial charge >= 0.3 is 0 Å². The van der Waals surface area contributed by atoms with E-state index in [1.807, 2.05) is 25.1 Å². The maximum Gasteiger partial charge on any atom is 0.240 e. The quantitative estimate of drug-likeness (QED) is 0.749. The number of amides is 1. The number of aromatic nitrogens is 1. The highest BCUT2D eigenvalue weighted by atomic mass is 32.1. The van der Waals surface area contributed by atoms with E-state index in [4.69, 9.17) is 0 Å². The number of benzene rings is 1. The Morgan fingerprint density at radius 3 is 2.82 bits per heavy atom. The first-order valence-corrected chi connectivity index (χ1v) is 8.48. The molecule has 3 rings (SSSR count). The van der Waals surface area contributed by atoms with Crippen LogP contribution in [-0.4, -0.2) is 16.5 Å². The van der Waals surface area contributed by atoms with Crippen LogP contribution in [0.5, 0.6) is 0 Å². The molecule has 4 heteroatoms. The molecule has 22 heavy (non-hydrogen) atoms. The van der Waals surface area contributed by atoms with Crippen LogP contribution in [0.4, 0.5) is 0 Å². The highest BCUT2D eigenvalue weighted by Gasteiger charge is 2.14. The van der Waals surface area contributed by atoms with Gasteiger partial charge in [-0.2, -0.15) is 0 Å². The summed E-state index contributed by atoms with van der Waals surface area (Å²) >= 11 is 1.70. The van der Waals surface area contributed by atoms with E-state index in [1.165, 1.54) is 10.3 Å². The minimum atomic E-state index is 0.0634. The standard InChI is InChI=1S/C18H20N2OS/c1-3-13(2)19-18(21)12-20-15-8-5-4-7-14(15)11-16(20)17-9-6-10-22-17/h4-11,13H,3,12H2,1-2H3,(H,19,21)/t13-/m1/s1. The number of fused-ring (bicyclic) bond motifs is 1. The van der Waals surface area contributed by atoms with Crippen molar-refractivity contribution >= 4 is 28.1 Å². The zero-order valence-corrected chi connectivity index (χ0v) is 13.7. The van der Waals surface area contributed by atoms with E-state index in [0.717, 1.165) is 17.6 Å². The summed E-state index contributed by atoms with van der Waals surface area (Å²) in [6.07, 6.45) is 0.940. The normalized spacial score (nSPS) is 12.5. The number of hydrogen-bond donors (Lipinski definition) is 1. The van der Waals surface area contributed by atoms with Crippen molar-refractivity contribution in [3.05, 3.63) is 47.8 Å². The lowest BCUT2D eigenvalue weighted by Crippen LogP contribution is -2.34. The summed E-state index contributed by atoms with van der Waals surface area (Å²) < 4.78 is 2.11. The third-order valence-corrected chi connectivity index (χ3v) is 4.80. The van der Waals surface area contributed by atoms with Crippen molar-refractivity contribution in [2.75, 3.05) is 0 Å². The summed E-state index contributed by atoms with van der Waals surface area (Å²) in [6.45, 7) is 4.46. The van der Waals surface area contributed by atoms with Gasteiger partial charge in [-0.3, -0.25) is 4.79 Å². The van der Waals surface area contributed by atoms with Crippen LogP contribution >= 0.6 is 11.3 Å². The second-order valence-electron chi connectivity index (χ2n) is 5.53. The Hall–Kier alpha value is -2.07. The topological polar surface area (TPSA) is 34.0 Å². The van der Waals surface area contributed by atoms with Crippen molar-refractivity contribution in [3.63, 3.8) is 0 Å². The fraction of sp³-hybridized carbons (Fsp3) is 0.278. The monoisotopic (exact) mass is 312 g/mol. The van der Waals surface area contributed by atoms with E-state index < -0.39 is 0 Å². The van der Waals surface area contributed by atoms with Gasteiger partial charge in [0, 0.05) is 16.9 Å². The van der Waals surface area contributed by atoms with Crippen LogP contribution in [0, 0.1) is 0 Å². The molecule has 0 aliphatic rings. The summed E-state index contributed by atoms with van der Waals surface area (Å²) in [4.78, 5) is 13.5. The molecule has 0 fully saturated rings. The van der Waals surface area contributed by atoms with Gasteiger partial charge in [-0.05, 0) is 36.9 Å². The Bertz CT molecular complexity index is 774. The van der Waals surface area contributed by atoms with Gasteiger partial charge in [-0.1, -0.05) is 31.2 Å². The minimum Gasteiger partial charge on any atom is -0.352 e. The molecule has 1 amide bonds. The highest BCUT2D eigenvalue weighted by Crippen LogP contribution is 2.31. The molecule has 2 aromatic heterocycles. The number of thiophene rings is 1. The lowest BCUT2D eigenvalue weighted by Gasteiger charge is -2.14. The summed E-state index contributed by atoms with van der Waals surface area (Å²) in [5, 5.41) is 6.28. The fourth-order valence-electron chi connectivity index (χ4n) is 2.58. The average Bonchev–Trinajstić information content (AvgIpc) is 3.15. The smallest absolute Gasteiger partial charge is 0.240 e. The summed E-state index contributed by atoms with van der Waals surface area (Å²) in [7, 11) is 0. The second kappa shape index (κ2) is 6.36. The number of hydrogen-bond acceptors (Lipinski definition) is 2. The Labute approximate surface area is 134 Å². The highest BCUT2D eigenvalue weighted by molar-refractivity contribution is 7.13. The third-order valence-electron chi connectivity index (χ3n) is 3.91. The molecule has 0 saturated heterocycles. The molecule has 0 spiro atoms. The van der Waals surface area contributed by atoms with Gasteiger partial charge in [0.2, 0.25) is 5.91 Å².